The summed E-state index contributed by atoms with van der Waals surface area (Å²) in [4.78, 5) is 14.8. The molecule has 0 fully saturated rings. The van der Waals surface area contributed by atoms with Crippen molar-refractivity contribution < 1.29 is 9.47 Å². The Hall–Kier alpha value is -3.54. The summed E-state index contributed by atoms with van der Waals surface area (Å²) in [5, 5.41) is 1.10. The van der Waals surface area contributed by atoms with E-state index < -0.39 is 0 Å². The molecule has 0 radical (unpaired) electrons. The summed E-state index contributed by atoms with van der Waals surface area (Å²) in [7, 11) is 3.30. The number of methoxy groups -OCH3 is 2. The van der Waals surface area contributed by atoms with Crippen LogP contribution in [0.2, 0.25) is 0 Å². The highest BCUT2D eigenvalue weighted by Gasteiger charge is 2.18. The zero-order valence-corrected chi connectivity index (χ0v) is 16.9. The number of hydrogen-bond acceptors (Lipinski definition) is 5. The van der Waals surface area contributed by atoms with Crippen LogP contribution < -0.4 is 14.4 Å². The summed E-state index contributed by atoms with van der Waals surface area (Å²) in [6.07, 6.45) is 3.49. The van der Waals surface area contributed by atoms with Gasteiger partial charge in [0.2, 0.25) is 0 Å². The molecule has 4 rings (SSSR count). The normalized spacial score (nSPS) is 11.0. The molecule has 0 atom stereocenters. The SMILES string of the molecule is C=CCN(Cc1cccc(OC)c1OC)c1ncnc2c1[nH]c1ccc(C)cc12. The number of aromatic amines is 1. The van der Waals surface area contributed by atoms with Crippen LogP contribution in [0.5, 0.6) is 11.5 Å². The van der Waals surface area contributed by atoms with Gasteiger partial charge in [0, 0.05) is 29.6 Å². The molecule has 0 saturated heterocycles. The molecule has 0 saturated carbocycles. The molecule has 2 aromatic heterocycles. The molecule has 2 heterocycles. The molecule has 6 heteroatoms. The molecule has 0 amide bonds. The third-order valence-electron chi connectivity index (χ3n) is 5.01. The van der Waals surface area contributed by atoms with E-state index >= 15 is 0 Å². The molecule has 29 heavy (non-hydrogen) atoms. The van der Waals surface area contributed by atoms with Gasteiger partial charge in [0.15, 0.2) is 17.3 Å². The number of aryl methyl sites for hydroxylation is 1. The van der Waals surface area contributed by atoms with Crippen molar-refractivity contribution in [3.63, 3.8) is 0 Å². The lowest BCUT2D eigenvalue weighted by molar-refractivity contribution is 0.351. The molecule has 0 aliphatic rings. The van der Waals surface area contributed by atoms with E-state index in [4.69, 9.17) is 9.47 Å². The maximum atomic E-state index is 5.61. The van der Waals surface area contributed by atoms with Gasteiger partial charge in [-0.15, -0.1) is 6.58 Å². The number of H-pyrrole nitrogens is 1. The Bertz CT molecular complexity index is 1180. The smallest absolute Gasteiger partial charge is 0.165 e. The van der Waals surface area contributed by atoms with Gasteiger partial charge in [-0.25, -0.2) is 9.97 Å². The number of aromatic nitrogens is 3. The fourth-order valence-corrected chi connectivity index (χ4v) is 3.70. The van der Waals surface area contributed by atoms with Crippen molar-refractivity contribution in [2.75, 3.05) is 25.7 Å². The van der Waals surface area contributed by atoms with Gasteiger partial charge in [-0.1, -0.05) is 29.8 Å². The fraction of sp³-hybridized carbons (Fsp3) is 0.217. The number of anilines is 1. The zero-order valence-electron chi connectivity index (χ0n) is 16.9. The van der Waals surface area contributed by atoms with Crippen LogP contribution in [-0.2, 0) is 6.54 Å². The highest BCUT2D eigenvalue weighted by molar-refractivity contribution is 6.08. The van der Waals surface area contributed by atoms with Crippen LogP contribution in [0.3, 0.4) is 0 Å². The van der Waals surface area contributed by atoms with Crippen LogP contribution in [0.25, 0.3) is 21.9 Å². The predicted octanol–water partition coefficient (Wildman–Crippen LogP) is 4.63. The minimum absolute atomic E-state index is 0.590. The Kier molecular flexibility index (Phi) is 5.08. The van der Waals surface area contributed by atoms with E-state index in [0.29, 0.717) is 18.8 Å². The molecule has 148 valence electrons. The van der Waals surface area contributed by atoms with Gasteiger partial charge in [-0.2, -0.15) is 0 Å². The van der Waals surface area contributed by atoms with E-state index in [1.165, 1.54) is 5.56 Å². The Morgan fingerprint density at radius 1 is 1.14 bits per heavy atom. The summed E-state index contributed by atoms with van der Waals surface area (Å²) < 4.78 is 11.1. The van der Waals surface area contributed by atoms with Crippen molar-refractivity contribution in [2.45, 2.75) is 13.5 Å². The molecule has 0 aliphatic heterocycles. The number of fused-ring (bicyclic) bond motifs is 3. The molecule has 0 bridgehead atoms. The Balaban J connectivity index is 1.83. The van der Waals surface area contributed by atoms with Crippen molar-refractivity contribution in [1.29, 1.82) is 0 Å². The van der Waals surface area contributed by atoms with Gasteiger partial charge in [0.25, 0.3) is 0 Å². The first kappa shape index (κ1) is 18.8. The first-order chi connectivity index (χ1) is 14.2. The third-order valence-corrected chi connectivity index (χ3v) is 5.01. The van der Waals surface area contributed by atoms with Gasteiger partial charge in [0.1, 0.15) is 17.4 Å². The Morgan fingerprint density at radius 3 is 2.76 bits per heavy atom. The lowest BCUT2D eigenvalue weighted by atomic mass is 10.1. The van der Waals surface area contributed by atoms with Crippen molar-refractivity contribution in [2.24, 2.45) is 0 Å². The van der Waals surface area contributed by atoms with Crippen LogP contribution in [0.15, 0.2) is 55.4 Å². The minimum Gasteiger partial charge on any atom is -0.493 e. The number of hydrogen-bond donors (Lipinski definition) is 1. The van der Waals surface area contributed by atoms with Crippen LogP contribution in [0.4, 0.5) is 5.82 Å². The van der Waals surface area contributed by atoms with Crippen LogP contribution >= 0.6 is 0 Å². The van der Waals surface area contributed by atoms with E-state index in [1.54, 1.807) is 20.5 Å². The second-order valence-corrected chi connectivity index (χ2v) is 6.92. The van der Waals surface area contributed by atoms with Crippen molar-refractivity contribution >= 4 is 27.8 Å². The second-order valence-electron chi connectivity index (χ2n) is 6.92. The monoisotopic (exact) mass is 388 g/mol. The zero-order chi connectivity index (χ0) is 20.4. The molecule has 1 N–H and O–H groups in total. The standard InChI is InChI=1S/C23H24N4O2/c1-5-11-27(13-16-7-6-8-19(28-3)22(16)29-4)23-21-20(24-14-25-23)17-12-15(2)9-10-18(17)26-21/h5-10,12,14,26H,1,11,13H2,2-4H3. The van der Waals surface area contributed by atoms with E-state index in [-0.39, 0.29) is 0 Å². The number of benzene rings is 2. The van der Waals surface area contributed by atoms with Gasteiger partial charge >= 0.3 is 0 Å². The van der Waals surface area contributed by atoms with Gasteiger partial charge in [-0.05, 0) is 25.1 Å². The van der Waals surface area contributed by atoms with Crippen LogP contribution in [0.1, 0.15) is 11.1 Å². The fourth-order valence-electron chi connectivity index (χ4n) is 3.70. The topological polar surface area (TPSA) is 63.3 Å². The molecule has 0 aliphatic carbocycles. The van der Waals surface area contributed by atoms with E-state index in [1.807, 2.05) is 24.3 Å². The maximum absolute atomic E-state index is 5.61. The van der Waals surface area contributed by atoms with Gasteiger partial charge in [-0.3, -0.25) is 0 Å². The Labute approximate surface area is 169 Å². The van der Waals surface area contributed by atoms with E-state index in [0.717, 1.165) is 39.1 Å². The molecular weight excluding hydrogens is 364 g/mol. The predicted molar refractivity (Wildman–Crippen MR) is 117 cm³/mol. The van der Waals surface area contributed by atoms with Crippen LogP contribution in [-0.4, -0.2) is 35.7 Å². The Morgan fingerprint density at radius 2 is 2.00 bits per heavy atom. The van der Waals surface area contributed by atoms with Crippen molar-refractivity contribution in [3.8, 4) is 11.5 Å². The number of nitrogens with one attached hydrogen (secondary N) is 1. The number of para-hydroxylation sites is 1. The molecular formula is C23H24N4O2. The first-order valence-corrected chi connectivity index (χ1v) is 9.45. The minimum atomic E-state index is 0.590. The highest BCUT2D eigenvalue weighted by Crippen LogP contribution is 2.34. The van der Waals surface area contributed by atoms with Crippen LogP contribution in [0, 0.1) is 6.92 Å². The highest BCUT2D eigenvalue weighted by atomic mass is 16.5. The summed E-state index contributed by atoms with van der Waals surface area (Å²) in [6, 6.07) is 12.2. The lowest BCUT2D eigenvalue weighted by Crippen LogP contribution is -2.24. The average Bonchev–Trinajstić information content (AvgIpc) is 3.11. The summed E-state index contributed by atoms with van der Waals surface area (Å²) in [5.74, 6) is 2.26. The quantitative estimate of drug-likeness (QED) is 0.468. The van der Waals surface area contributed by atoms with Gasteiger partial charge in [0.05, 0.1) is 14.2 Å². The number of nitrogens with zero attached hydrogens (tertiary/aromatic N) is 3. The molecule has 2 aromatic carbocycles. The average molecular weight is 388 g/mol. The maximum Gasteiger partial charge on any atom is 0.165 e. The van der Waals surface area contributed by atoms with Crippen molar-refractivity contribution in [1.82, 2.24) is 15.0 Å². The van der Waals surface area contributed by atoms with Gasteiger partial charge < -0.3 is 19.4 Å². The number of rotatable bonds is 7. The second kappa shape index (κ2) is 7.83. The molecule has 0 unspecified atom stereocenters. The molecule has 6 nitrogen and oxygen atoms in total. The number of ether oxygens (including phenoxy) is 2. The largest absolute Gasteiger partial charge is 0.493 e. The first-order valence-electron chi connectivity index (χ1n) is 9.45. The van der Waals surface area contributed by atoms with Crippen molar-refractivity contribution in [3.05, 3.63) is 66.5 Å². The molecule has 0 spiro atoms. The third kappa shape index (κ3) is 3.38. The summed E-state index contributed by atoms with van der Waals surface area (Å²) in [5.41, 5.74) is 5.08. The molecule has 4 aromatic rings. The summed E-state index contributed by atoms with van der Waals surface area (Å²) in [6.45, 7) is 7.23. The summed E-state index contributed by atoms with van der Waals surface area (Å²) >= 11 is 0. The van der Waals surface area contributed by atoms with E-state index in [9.17, 15) is 0 Å². The van der Waals surface area contributed by atoms with E-state index in [2.05, 4.69) is 51.6 Å². The lowest BCUT2D eigenvalue weighted by Gasteiger charge is -2.24.